The molecule has 1 aliphatic heterocycles. The highest BCUT2D eigenvalue weighted by atomic mass is 32.2. The quantitative estimate of drug-likeness (QED) is 0.733. The van der Waals surface area contributed by atoms with Crippen molar-refractivity contribution in [3.63, 3.8) is 0 Å². The van der Waals surface area contributed by atoms with Crippen LogP contribution in [0.3, 0.4) is 0 Å². The van der Waals surface area contributed by atoms with Crippen molar-refractivity contribution in [2.75, 3.05) is 26.2 Å². The fourth-order valence-electron chi connectivity index (χ4n) is 3.14. The van der Waals surface area contributed by atoms with E-state index in [4.69, 9.17) is 4.84 Å². The Balaban J connectivity index is 1.77. The van der Waals surface area contributed by atoms with Crippen molar-refractivity contribution in [3.05, 3.63) is 18.2 Å². The van der Waals surface area contributed by atoms with E-state index in [1.807, 2.05) is 13.8 Å². The zero-order chi connectivity index (χ0) is 20.3. The molecule has 1 unspecified atom stereocenters. The number of piperidine rings is 1. The summed E-state index contributed by atoms with van der Waals surface area (Å²) in [5, 5.41) is 10.6. The highest BCUT2D eigenvalue weighted by molar-refractivity contribution is 7.89. The van der Waals surface area contributed by atoms with Crippen LogP contribution >= 0.6 is 0 Å². The molecule has 1 amide bonds. The van der Waals surface area contributed by atoms with Crippen LogP contribution in [0.5, 0.6) is 0 Å². The van der Waals surface area contributed by atoms with Gasteiger partial charge in [0.25, 0.3) is 5.91 Å². The van der Waals surface area contributed by atoms with Crippen molar-refractivity contribution >= 4 is 27.0 Å². The number of carbonyl (C=O) groups is 1. The molecule has 1 aromatic carbocycles. The smallest absolute Gasteiger partial charge is 0.260 e. The number of nitrogens with one attached hydrogen (secondary N) is 1. The molecule has 1 aromatic heterocycles. The van der Waals surface area contributed by atoms with Crippen LogP contribution in [0.25, 0.3) is 11.0 Å². The minimum Gasteiger partial charge on any atom is -0.385 e. The summed E-state index contributed by atoms with van der Waals surface area (Å²) >= 11 is 0. The van der Waals surface area contributed by atoms with Gasteiger partial charge in [-0.25, -0.2) is 8.42 Å². The summed E-state index contributed by atoms with van der Waals surface area (Å²) in [5.74, 6) is 0.400. The molecule has 154 valence electrons. The van der Waals surface area contributed by atoms with E-state index in [0.29, 0.717) is 42.5 Å². The number of fused-ring (bicyclic) bond motifs is 1. The van der Waals surface area contributed by atoms with Gasteiger partial charge < -0.3 is 10.2 Å². The van der Waals surface area contributed by atoms with Gasteiger partial charge in [-0.2, -0.15) is 4.31 Å². The number of benzene rings is 1. The van der Waals surface area contributed by atoms with Crippen LogP contribution in [0.2, 0.25) is 0 Å². The largest absolute Gasteiger partial charge is 0.385 e. The van der Waals surface area contributed by atoms with E-state index in [0.717, 1.165) is 17.7 Å². The van der Waals surface area contributed by atoms with Crippen molar-refractivity contribution in [1.82, 2.24) is 24.8 Å². The summed E-state index contributed by atoms with van der Waals surface area (Å²) in [6.07, 6.45) is 1.89. The third-order valence-electron chi connectivity index (χ3n) is 4.67. The molecule has 1 saturated heterocycles. The number of amides is 1. The zero-order valence-electron chi connectivity index (χ0n) is 16.5. The fraction of sp³-hybridized carbons (Fsp3) is 0.611. The van der Waals surface area contributed by atoms with Gasteiger partial charge in [0, 0.05) is 19.6 Å². The SMILES string of the molecule is CC(C)CNC(=O)COn1nnc2ccc(S(=O)(=O)N3CCCC(C)C3)cc21. The molecule has 0 aliphatic carbocycles. The van der Waals surface area contributed by atoms with E-state index in [1.54, 1.807) is 6.07 Å². The Morgan fingerprint density at radius 3 is 2.89 bits per heavy atom. The Kier molecular flexibility index (Phi) is 6.19. The lowest BCUT2D eigenvalue weighted by molar-refractivity contribution is -0.126. The third-order valence-corrected chi connectivity index (χ3v) is 6.53. The van der Waals surface area contributed by atoms with Crippen LogP contribution in [-0.4, -0.2) is 60.0 Å². The van der Waals surface area contributed by atoms with E-state index in [9.17, 15) is 13.2 Å². The number of rotatable bonds is 7. The molecule has 1 N–H and O–H groups in total. The molecule has 10 heteroatoms. The molecule has 9 nitrogen and oxygen atoms in total. The first kappa shape index (κ1) is 20.5. The zero-order valence-corrected chi connectivity index (χ0v) is 17.3. The van der Waals surface area contributed by atoms with Crippen molar-refractivity contribution < 1.29 is 18.0 Å². The van der Waals surface area contributed by atoms with Crippen molar-refractivity contribution in [2.45, 2.75) is 38.5 Å². The first-order valence-electron chi connectivity index (χ1n) is 9.53. The lowest BCUT2D eigenvalue weighted by atomic mass is 10.0. The number of hydrogen-bond donors (Lipinski definition) is 1. The monoisotopic (exact) mass is 409 g/mol. The molecular formula is C18H27N5O4S. The van der Waals surface area contributed by atoms with Crippen molar-refractivity contribution in [3.8, 4) is 0 Å². The van der Waals surface area contributed by atoms with E-state index < -0.39 is 10.0 Å². The lowest BCUT2D eigenvalue weighted by Crippen LogP contribution is -2.39. The van der Waals surface area contributed by atoms with Crippen LogP contribution in [-0.2, 0) is 14.8 Å². The molecule has 0 bridgehead atoms. The van der Waals surface area contributed by atoms with Crippen LogP contribution in [0.4, 0.5) is 0 Å². The average Bonchev–Trinajstić information content (AvgIpc) is 3.07. The topological polar surface area (TPSA) is 106 Å². The van der Waals surface area contributed by atoms with Gasteiger partial charge in [-0.1, -0.05) is 25.6 Å². The number of carbonyl (C=O) groups excluding carboxylic acids is 1. The summed E-state index contributed by atoms with van der Waals surface area (Å²) in [7, 11) is -3.60. The van der Waals surface area contributed by atoms with Gasteiger partial charge in [0.15, 0.2) is 6.61 Å². The lowest BCUT2D eigenvalue weighted by Gasteiger charge is -2.30. The second-order valence-electron chi connectivity index (χ2n) is 7.69. The van der Waals surface area contributed by atoms with Crippen LogP contribution < -0.4 is 10.2 Å². The normalized spacial score (nSPS) is 18.5. The number of nitrogens with zero attached hydrogens (tertiary/aromatic N) is 4. The third kappa shape index (κ3) is 4.61. The molecule has 3 rings (SSSR count). The standard InChI is InChI=1S/C18H27N5O4S/c1-13(2)10-19-18(24)12-27-23-17-9-15(6-7-16(17)20-21-23)28(25,26)22-8-4-5-14(3)11-22/h6-7,9,13-14H,4-5,8,10-12H2,1-3H3,(H,19,24). The van der Waals surface area contributed by atoms with E-state index in [-0.39, 0.29) is 17.4 Å². The number of sulfonamides is 1. The minimum atomic E-state index is -3.60. The maximum atomic E-state index is 13.0. The van der Waals surface area contributed by atoms with Gasteiger partial charge in [-0.3, -0.25) is 4.79 Å². The highest BCUT2D eigenvalue weighted by Crippen LogP contribution is 2.25. The molecule has 0 spiro atoms. The summed E-state index contributed by atoms with van der Waals surface area (Å²) in [6.45, 7) is 7.41. The molecular weight excluding hydrogens is 382 g/mol. The molecule has 28 heavy (non-hydrogen) atoms. The molecule has 2 aromatic rings. The molecule has 1 fully saturated rings. The van der Waals surface area contributed by atoms with E-state index in [2.05, 4.69) is 22.6 Å². The molecule has 2 heterocycles. The highest BCUT2D eigenvalue weighted by Gasteiger charge is 2.29. The maximum absolute atomic E-state index is 13.0. The van der Waals surface area contributed by atoms with E-state index >= 15 is 0 Å². The summed E-state index contributed by atoms with van der Waals surface area (Å²) in [5.41, 5.74) is 0.899. The van der Waals surface area contributed by atoms with Crippen LogP contribution in [0, 0.1) is 11.8 Å². The van der Waals surface area contributed by atoms with Gasteiger partial charge in [-0.15, -0.1) is 5.10 Å². The number of aromatic nitrogens is 3. The molecule has 1 atom stereocenters. The second kappa shape index (κ2) is 8.44. The first-order chi connectivity index (χ1) is 13.3. The minimum absolute atomic E-state index is 0.172. The Hall–Kier alpha value is -2.20. The van der Waals surface area contributed by atoms with Crippen molar-refractivity contribution in [2.24, 2.45) is 11.8 Å². The predicted octanol–water partition coefficient (Wildman–Crippen LogP) is 1.05. The van der Waals surface area contributed by atoms with Gasteiger partial charge in [0.05, 0.1) is 4.90 Å². The average molecular weight is 410 g/mol. The Labute approximate surface area is 165 Å². The van der Waals surface area contributed by atoms with Gasteiger partial charge in [-0.05, 0) is 48.1 Å². The van der Waals surface area contributed by atoms with Crippen molar-refractivity contribution in [1.29, 1.82) is 0 Å². The Morgan fingerprint density at radius 2 is 2.18 bits per heavy atom. The molecule has 0 saturated carbocycles. The van der Waals surface area contributed by atoms with Gasteiger partial charge in [0.1, 0.15) is 11.0 Å². The van der Waals surface area contributed by atoms with Gasteiger partial charge >= 0.3 is 0 Å². The van der Waals surface area contributed by atoms with Crippen LogP contribution in [0.15, 0.2) is 23.1 Å². The summed E-state index contributed by atoms with van der Waals surface area (Å²) < 4.78 is 27.5. The predicted molar refractivity (Wildman–Crippen MR) is 104 cm³/mol. The summed E-state index contributed by atoms with van der Waals surface area (Å²) in [4.78, 5) is 18.5. The summed E-state index contributed by atoms with van der Waals surface area (Å²) in [6, 6.07) is 4.63. The van der Waals surface area contributed by atoms with Gasteiger partial charge in [0.2, 0.25) is 10.0 Å². The second-order valence-corrected chi connectivity index (χ2v) is 9.63. The maximum Gasteiger partial charge on any atom is 0.260 e. The Bertz CT molecular complexity index is 941. The molecule has 0 radical (unpaired) electrons. The fourth-order valence-corrected chi connectivity index (χ4v) is 4.76. The Morgan fingerprint density at radius 1 is 1.39 bits per heavy atom. The van der Waals surface area contributed by atoms with Crippen LogP contribution in [0.1, 0.15) is 33.6 Å². The first-order valence-corrected chi connectivity index (χ1v) is 11.0. The van der Waals surface area contributed by atoms with E-state index in [1.165, 1.54) is 16.4 Å². The number of hydrogen-bond acceptors (Lipinski definition) is 6. The molecule has 1 aliphatic rings.